The van der Waals surface area contributed by atoms with E-state index in [-0.39, 0.29) is 25.0 Å². The Morgan fingerprint density at radius 1 is 1.33 bits per heavy atom. The average Bonchev–Trinajstić information content (AvgIpc) is 2.25. The van der Waals surface area contributed by atoms with Crippen LogP contribution in [0.5, 0.6) is 0 Å². The topological polar surface area (TPSA) is 99.1 Å². The lowest BCUT2D eigenvalue weighted by atomic mass is 9.87. The monoisotopic (exact) mass is 304 g/mol. The van der Waals surface area contributed by atoms with E-state index < -0.39 is 24.1 Å². The molecule has 2 unspecified atom stereocenters. The molecule has 0 saturated heterocycles. The van der Waals surface area contributed by atoms with Crippen molar-refractivity contribution in [2.45, 2.75) is 45.8 Å². The third-order valence-electron chi connectivity index (χ3n) is 2.80. The van der Waals surface area contributed by atoms with Crippen molar-refractivity contribution < 1.29 is 24.5 Å². The lowest BCUT2D eigenvalue weighted by Crippen LogP contribution is -2.47. The minimum Gasteiger partial charge on any atom is -0.481 e. The Bertz CT molecular complexity index is 341. The van der Waals surface area contributed by atoms with E-state index in [0.717, 1.165) is 0 Å². The van der Waals surface area contributed by atoms with E-state index in [9.17, 15) is 14.7 Å². The van der Waals surface area contributed by atoms with Crippen LogP contribution in [0.1, 0.15) is 33.6 Å². The van der Waals surface area contributed by atoms with Gasteiger partial charge in [-0.1, -0.05) is 20.8 Å². The largest absolute Gasteiger partial charge is 0.481 e. The van der Waals surface area contributed by atoms with Crippen LogP contribution >= 0.6 is 0 Å². The SMILES string of the molecule is COCC(O)CN(C)C(=O)NC(CC(=O)O)CC(C)(C)C. The number of carboxylic acids is 1. The molecule has 0 aromatic carbocycles. The predicted octanol–water partition coefficient (Wildman–Crippen LogP) is 0.915. The van der Waals surface area contributed by atoms with E-state index in [1.165, 1.54) is 12.0 Å². The number of methoxy groups -OCH3 is 1. The number of aliphatic carboxylic acids is 1. The summed E-state index contributed by atoms with van der Waals surface area (Å²) >= 11 is 0. The van der Waals surface area contributed by atoms with Crippen LogP contribution in [0, 0.1) is 5.41 Å². The molecule has 0 fully saturated rings. The van der Waals surface area contributed by atoms with Gasteiger partial charge in [-0.2, -0.15) is 0 Å². The molecule has 3 N–H and O–H groups in total. The summed E-state index contributed by atoms with van der Waals surface area (Å²) in [5.41, 5.74) is -0.0957. The molecule has 7 nitrogen and oxygen atoms in total. The third-order valence-corrected chi connectivity index (χ3v) is 2.80. The summed E-state index contributed by atoms with van der Waals surface area (Å²) in [6, 6.07) is -0.849. The zero-order valence-corrected chi connectivity index (χ0v) is 13.5. The number of hydrogen-bond donors (Lipinski definition) is 3. The Labute approximate surface area is 126 Å². The Morgan fingerprint density at radius 2 is 1.90 bits per heavy atom. The first kappa shape index (κ1) is 19.7. The van der Waals surface area contributed by atoms with E-state index in [1.807, 2.05) is 20.8 Å². The van der Waals surface area contributed by atoms with Crippen LogP contribution in [0.3, 0.4) is 0 Å². The smallest absolute Gasteiger partial charge is 0.317 e. The van der Waals surface area contributed by atoms with Gasteiger partial charge < -0.3 is 25.2 Å². The second-order valence-corrected chi connectivity index (χ2v) is 6.50. The number of nitrogens with zero attached hydrogens (tertiary/aromatic N) is 1. The Morgan fingerprint density at radius 3 is 2.33 bits per heavy atom. The molecule has 0 aliphatic heterocycles. The van der Waals surface area contributed by atoms with Crippen LogP contribution in [-0.2, 0) is 9.53 Å². The summed E-state index contributed by atoms with van der Waals surface area (Å²) < 4.78 is 4.80. The van der Waals surface area contributed by atoms with Crippen molar-refractivity contribution in [1.29, 1.82) is 0 Å². The molecule has 0 bridgehead atoms. The van der Waals surface area contributed by atoms with Gasteiger partial charge in [0.05, 0.1) is 25.7 Å². The summed E-state index contributed by atoms with van der Waals surface area (Å²) in [6.07, 6.45) is -0.344. The summed E-state index contributed by atoms with van der Waals surface area (Å²) in [4.78, 5) is 24.2. The van der Waals surface area contributed by atoms with E-state index in [2.05, 4.69) is 5.32 Å². The maximum atomic E-state index is 12.0. The number of amides is 2. The number of urea groups is 1. The number of carbonyl (C=O) groups is 2. The first-order valence-corrected chi connectivity index (χ1v) is 6.95. The molecule has 124 valence electrons. The number of ether oxygens (including phenoxy) is 1. The summed E-state index contributed by atoms with van der Waals surface area (Å²) in [6.45, 7) is 6.22. The van der Waals surface area contributed by atoms with Crippen molar-refractivity contribution in [2.24, 2.45) is 5.41 Å². The molecule has 0 rings (SSSR count). The number of carboxylic acid groups (broad SMARTS) is 1. The van der Waals surface area contributed by atoms with Crippen LogP contribution in [0.2, 0.25) is 0 Å². The van der Waals surface area contributed by atoms with Gasteiger partial charge in [-0.25, -0.2) is 4.79 Å². The number of aliphatic hydroxyl groups is 1. The summed E-state index contributed by atoms with van der Waals surface area (Å²) in [7, 11) is 3.01. The highest BCUT2D eigenvalue weighted by Crippen LogP contribution is 2.22. The lowest BCUT2D eigenvalue weighted by Gasteiger charge is -2.28. The van der Waals surface area contributed by atoms with Crippen LogP contribution < -0.4 is 5.32 Å². The molecule has 0 spiro atoms. The molecule has 0 aliphatic carbocycles. The fourth-order valence-corrected chi connectivity index (χ4v) is 2.05. The average molecular weight is 304 g/mol. The van der Waals surface area contributed by atoms with Gasteiger partial charge in [-0.3, -0.25) is 4.79 Å². The van der Waals surface area contributed by atoms with Crippen LogP contribution in [0.4, 0.5) is 4.79 Å². The molecule has 21 heavy (non-hydrogen) atoms. The minimum atomic E-state index is -0.952. The molecular formula is C14H28N2O5. The standard InChI is InChI=1S/C14H28N2O5/c1-14(2,3)7-10(6-12(18)19)15-13(20)16(4)8-11(17)9-21-5/h10-11,17H,6-9H2,1-5H3,(H,15,20)(H,18,19). The van der Waals surface area contributed by atoms with Gasteiger partial charge in [0.25, 0.3) is 0 Å². The zero-order chi connectivity index (χ0) is 16.6. The van der Waals surface area contributed by atoms with Gasteiger partial charge in [0.1, 0.15) is 0 Å². The van der Waals surface area contributed by atoms with Gasteiger partial charge >= 0.3 is 12.0 Å². The van der Waals surface area contributed by atoms with Crippen molar-refractivity contribution in [3.63, 3.8) is 0 Å². The van der Waals surface area contributed by atoms with E-state index >= 15 is 0 Å². The summed E-state index contributed by atoms with van der Waals surface area (Å²) in [5, 5.41) is 21.2. The molecule has 0 radical (unpaired) electrons. The molecular weight excluding hydrogens is 276 g/mol. The van der Waals surface area contributed by atoms with Crippen molar-refractivity contribution in [3.05, 3.63) is 0 Å². The van der Waals surface area contributed by atoms with Crippen molar-refractivity contribution in [3.8, 4) is 0 Å². The van der Waals surface area contributed by atoms with Crippen molar-refractivity contribution >= 4 is 12.0 Å². The number of aliphatic hydroxyl groups excluding tert-OH is 1. The first-order chi connectivity index (χ1) is 9.55. The molecule has 2 amide bonds. The van der Waals surface area contributed by atoms with Crippen LogP contribution in [0.25, 0.3) is 0 Å². The van der Waals surface area contributed by atoms with Crippen LogP contribution in [-0.4, -0.2) is 66.6 Å². The molecule has 2 atom stereocenters. The molecule has 0 aromatic rings. The quantitative estimate of drug-likeness (QED) is 0.619. The van der Waals surface area contributed by atoms with Gasteiger partial charge in [0, 0.05) is 20.2 Å². The van der Waals surface area contributed by atoms with E-state index in [1.54, 1.807) is 7.05 Å². The highest BCUT2D eigenvalue weighted by Gasteiger charge is 2.24. The Hall–Kier alpha value is -1.34. The number of nitrogens with one attached hydrogen (secondary N) is 1. The van der Waals surface area contributed by atoms with Gasteiger partial charge in [-0.15, -0.1) is 0 Å². The normalized spacial score (nSPS) is 14.4. The number of likely N-dealkylation sites (N-methyl/N-ethyl adjacent to an activating group) is 1. The second kappa shape index (κ2) is 8.84. The van der Waals surface area contributed by atoms with E-state index in [0.29, 0.717) is 6.42 Å². The Kier molecular flexibility index (Phi) is 8.27. The highest BCUT2D eigenvalue weighted by molar-refractivity contribution is 5.75. The fourth-order valence-electron chi connectivity index (χ4n) is 2.05. The number of hydrogen-bond acceptors (Lipinski definition) is 4. The van der Waals surface area contributed by atoms with E-state index in [4.69, 9.17) is 9.84 Å². The summed E-state index contributed by atoms with van der Waals surface area (Å²) in [5.74, 6) is -0.952. The third kappa shape index (κ3) is 10.1. The molecule has 0 aromatic heterocycles. The minimum absolute atomic E-state index is 0.0957. The van der Waals surface area contributed by atoms with Crippen LogP contribution in [0.15, 0.2) is 0 Å². The van der Waals surface area contributed by atoms with Gasteiger partial charge in [-0.05, 0) is 11.8 Å². The Balaban J connectivity index is 4.53. The van der Waals surface area contributed by atoms with Gasteiger partial charge in [0.2, 0.25) is 0 Å². The number of carbonyl (C=O) groups excluding carboxylic acids is 1. The molecule has 0 aliphatic rings. The highest BCUT2D eigenvalue weighted by atomic mass is 16.5. The lowest BCUT2D eigenvalue weighted by molar-refractivity contribution is -0.137. The maximum absolute atomic E-state index is 12.0. The van der Waals surface area contributed by atoms with Crippen molar-refractivity contribution in [1.82, 2.24) is 10.2 Å². The maximum Gasteiger partial charge on any atom is 0.317 e. The second-order valence-electron chi connectivity index (χ2n) is 6.50. The first-order valence-electron chi connectivity index (χ1n) is 6.95. The molecule has 0 saturated carbocycles. The predicted molar refractivity (Wildman–Crippen MR) is 79.2 cm³/mol. The number of rotatable bonds is 8. The fraction of sp³-hybridized carbons (Fsp3) is 0.857. The van der Waals surface area contributed by atoms with Crippen molar-refractivity contribution in [2.75, 3.05) is 27.3 Å². The molecule has 0 heterocycles. The van der Waals surface area contributed by atoms with Gasteiger partial charge in [0.15, 0.2) is 0 Å². The molecule has 7 heteroatoms. The zero-order valence-electron chi connectivity index (χ0n) is 13.5.